The van der Waals surface area contributed by atoms with E-state index in [4.69, 9.17) is 0 Å². The Morgan fingerprint density at radius 3 is 2.40 bits per heavy atom. The van der Waals surface area contributed by atoms with Crippen LogP contribution in [-0.2, 0) is 0 Å². The standard InChI is InChI=1S/C22H28N6O2/c1-15-18(14-23-16(2)25-15)22(30)28-8-4-5-20(28)19-7-6-17(13-24-19)21(29)27-11-9-26(3)10-12-27/h6-7,13-14,20H,4-5,8-12H2,1-3H3. The van der Waals surface area contributed by atoms with Crippen molar-refractivity contribution in [1.82, 2.24) is 29.7 Å². The minimum absolute atomic E-state index is 0.0222. The maximum atomic E-state index is 13.1. The van der Waals surface area contributed by atoms with Crippen LogP contribution in [0.4, 0.5) is 0 Å². The summed E-state index contributed by atoms with van der Waals surface area (Å²) in [6.07, 6.45) is 5.04. The fourth-order valence-corrected chi connectivity index (χ4v) is 4.19. The Bertz CT molecular complexity index is 937. The zero-order chi connectivity index (χ0) is 21.3. The van der Waals surface area contributed by atoms with E-state index in [9.17, 15) is 9.59 Å². The van der Waals surface area contributed by atoms with Gasteiger partial charge in [0.15, 0.2) is 0 Å². The number of carbonyl (C=O) groups excluding carboxylic acids is 2. The van der Waals surface area contributed by atoms with Crippen molar-refractivity contribution in [3.63, 3.8) is 0 Å². The van der Waals surface area contributed by atoms with Gasteiger partial charge < -0.3 is 14.7 Å². The van der Waals surface area contributed by atoms with Crippen LogP contribution in [0.1, 0.15) is 56.8 Å². The van der Waals surface area contributed by atoms with Gasteiger partial charge in [-0.3, -0.25) is 14.6 Å². The van der Waals surface area contributed by atoms with E-state index in [1.54, 1.807) is 12.4 Å². The number of rotatable bonds is 3. The Morgan fingerprint density at radius 1 is 0.967 bits per heavy atom. The Balaban J connectivity index is 1.49. The molecule has 4 rings (SSSR count). The largest absolute Gasteiger partial charge is 0.336 e. The van der Waals surface area contributed by atoms with Gasteiger partial charge in [-0.05, 0) is 45.9 Å². The molecule has 2 aliphatic heterocycles. The number of aromatic nitrogens is 3. The molecule has 0 aromatic carbocycles. The maximum Gasteiger partial charge on any atom is 0.257 e. The first-order chi connectivity index (χ1) is 14.4. The molecule has 0 radical (unpaired) electrons. The number of hydrogen-bond donors (Lipinski definition) is 0. The predicted octanol–water partition coefficient (Wildman–Crippen LogP) is 1.85. The van der Waals surface area contributed by atoms with Crippen molar-refractivity contribution in [3.05, 3.63) is 52.9 Å². The van der Waals surface area contributed by atoms with Crippen LogP contribution in [0.25, 0.3) is 0 Å². The summed E-state index contributed by atoms with van der Waals surface area (Å²) in [7, 11) is 2.07. The highest BCUT2D eigenvalue weighted by Crippen LogP contribution is 2.32. The van der Waals surface area contributed by atoms with E-state index < -0.39 is 0 Å². The first-order valence-corrected chi connectivity index (χ1v) is 10.5. The zero-order valence-electron chi connectivity index (χ0n) is 17.8. The Kier molecular flexibility index (Phi) is 5.76. The molecule has 4 heterocycles. The molecule has 0 spiro atoms. The number of aryl methyl sites for hydroxylation is 2. The second-order valence-corrected chi connectivity index (χ2v) is 8.14. The lowest BCUT2D eigenvalue weighted by Crippen LogP contribution is -2.47. The number of likely N-dealkylation sites (N-methyl/N-ethyl adjacent to an activating group) is 1. The van der Waals surface area contributed by atoms with Crippen molar-refractivity contribution in [3.8, 4) is 0 Å². The number of hydrogen-bond acceptors (Lipinski definition) is 6. The average molecular weight is 409 g/mol. The van der Waals surface area contributed by atoms with Crippen molar-refractivity contribution in [2.75, 3.05) is 39.8 Å². The molecule has 2 saturated heterocycles. The van der Waals surface area contributed by atoms with Gasteiger partial charge in [-0.15, -0.1) is 0 Å². The summed E-state index contributed by atoms with van der Waals surface area (Å²) < 4.78 is 0. The normalized spacial score (nSPS) is 19.9. The van der Waals surface area contributed by atoms with Crippen LogP contribution in [0.5, 0.6) is 0 Å². The molecule has 0 saturated carbocycles. The summed E-state index contributed by atoms with van der Waals surface area (Å²) in [4.78, 5) is 44.9. The fraction of sp³-hybridized carbons (Fsp3) is 0.500. The highest BCUT2D eigenvalue weighted by molar-refractivity contribution is 5.95. The van der Waals surface area contributed by atoms with Crippen molar-refractivity contribution < 1.29 is 9.59 Å². The van der Waals surface area contributed by atoms with Crippen molar-refractivity contribution >= 4 is 11.8 Å². The van der Waals surface area contributed by atoms with Gasteiger partial charge in [0.1, 0.15) is 5.82 Å². The predicted molar refractivity (Wildman–Crippen MR) is 112 cm³/mol. The lowest BCUT2D eigenvalue weighted by Gasteiger charge is -2.32. The second kappa shape index (κ2) is 8.47. The number of pyridine rings is 1. The minimum atomic E-state index is -0.0917. The molecule has 2 aromatic heterocycles. The molecule has 0 bridgehead atoms. The number of nitrogens with zero attached hydrogens (tertiary/aromatic N) is 6. The summed E-state index contributed by atoms with van der Waals surface area (Å²) in [5, 5.41) is 0. The van der Waals surface area contributed by atoms with Crippen molar-refractivity contribution in [2.45, 2.75) is 32.7 Å². The third-order valence-electron chi connectivity index (χ3n) is 6.01. The van der Waals surface area contributed by atoms with Crippen LogP contribution in [0.15, 0.2) is 24.5 Å². The van der Waals surface area contributed by atoms with Crippen LogP contribution in [0.2, 0.25) is 0 Å². The molecule has 1 unspecified atom stereocenters. The average Bonchev–Trinajstić information content (AvgIpc) is 3.23. The lowest BCUT2D eigenvalue weighted by molar-refractivity contribution is 0.0661. The molecule has 8 nitrogen and oxygen atoms in total. The molecule has 0 aliphatic carbocycles. The first kappa shape index (κ1) is 20.4. The minimum Gasteiger partial charge on any atom is -0.336 e. The topological polar surface area (TPSA) is 82.5 Å². The van der Waals surface area contributed by atoms with E-state index in [0.717, 1.165) is 44.7 Å². The number of amides is 2. The summed E-state index contributed by atoms with van der Waals surface area (Å²) in [6, 6.07) is 3.63. The molecule has 2 aliphatic rings. The van der Waals surface area contributed by atoms with Crippen LogP contribution in [-0.4, -0.2) is 81.2 Å². The van der Waals surface area contributed by atoms with Gasteiger partial charge >= 0.3 is 0 Å². The van der Waals surface area contributed by atoms with E-state index in [1.807, 2.05) is 35.8 Å². The number of piperazine rings is 1. The molecule has 2 aromatic rings. The smallest absolute Gasteiger partial charge is 0.257 e. The number of carbonyl (C=O) groups is 2. The van der Waals surface area contributed by atoms with Crippen LogP contribution >= 0.6 is 0 Å². The zero-order valence-corrected chi connectivity index (χ0v) is 17.8. The van der Waals surface area contributed by atoms with Gasteiger partial charge in [-0.2, -0.15) is 0 Å². The first-order valence-electron chi connectivity index (χ1n) is 10.5. The second-order valence-electron chi connectivity index (χ2n) is 8.14. The maximum absolute atomic E-state index is 13.1. The number of likely N-dealkylation sites (tertiary alicyclic amines) is 1. The van der Waals surface area contributed by atoms with E-state index in [2.05, 4.69) is 26.9 Å². The summed E-state index contributed by atoms with van der Waals surface area (Å²) in [6.45, 7) is 7.58. The lowest BCUT2D eigenvalue weighted by atomic mass is 10.1. The third-order valence-corrected chi connectivity index (χ3v) is 6.01. The molecule has 158 valence electrons. The fourth-order valence-electron chi connectivity index (χ4n) is 4.19. The Morgan fingerprint density at radius 2 is 1.73 bits per heavy atom. The van der Waals surface area contributed by atoms with E-state index in [0.29, 0.717) is 29.2 Å². The molecule has 8 heteroatoms. The third kappa shape index (κ3) is 4.05. The van der Waals surface area contributed by atoms with Crippen molar-refractivity contribution in [1.29, 1.82) is 0 Å². The molecular formula is C22H28N6O2. The van der Waals surface area contributed by atoms with Crippen LogP contribution in [0, 0.1) is 13.8 Å². The van der Waals surface area contributed by atoms with Crippen LogP contribution < -0.4 is 0 Å². The molecule has 2 fully saturated rings. The quantitative estimate of drug-likeness (QED) is 0.771. The Hall–Kier alpha value is -2.87. The van der Waals surface area contributed by atoms with Gasteiger partial charge in [0.05, 0.1) is 28.6 Å². The van der Waals surface area contributed by atoms with Crippen LogP contribution in [0.3, 0.4) is 0 Å². The van der Waals surface area contributed by atoms with E-state index in [-0.39, 0.29) is 17.9 Å². The van der Waals surface area contributed by atoms with Gasteiger partial charge in [-0.25, -0.2) is 9.97 Å². The van der Waals surface area contributed by atoms with Crippen molar-refractivity contribution in [2.24, 2.45) is 0 Å². The van der Waals surface area contributed by atoms with Gasteiger partial charge in [-0.1, -0.05) is 0 Å². The highest BCUT2D eigenvalue weighted by Gasteiger charge is 2.32. The SMILES string of the molecule is Cc1ncc(C(=O)N2CCCC2c2ccc(C(=O)N3CCN(C)CC3)cn2)c(C)n1. The monoisotopic (exact) mass is 408 g/mol. The molecule has 1 atom stereocenters. The van der Waals surface area contributed by atoms with Gasteiger partial charge in [0.25, 0.3) is 11.8 Å². The van der Waals surface area contributed by atoms with E-state index in [1.165, 1.54) is 0 Å². The molecule has 30 heavy (non-hydrogen) atoms. The summed E-state index contributed by atoms with van der Waals surface area (Å²) >= 11 is 0. The molecule has 0 N–H and O–H groups in total. The molecule has 2 amide bonds. The summed E-state index contributed by atoms with van der Waals surface area (Å²) in [5.41, 5.74) is 2.65. The highest BCUT2D eigenvalue weighted by atomic mass is 16.2. The van der Waals surface area contributed by atoms with Gasteiger partial charge in [0.2, 0.25) is 0 Å². The summed E-state index contributed by atoms with van der Waals surface area (Å²) in [5.74, 6) is 0.618. The Labute approximate surface area is 176 Å². The van der Waals surface area contributed by atoms with E-state index >= 15 is 0 Å². The molecular weight excluding hydrogens is 380 g/mol. The van der Waals surface area contributed by atoms with Gasteiger partial charge in [0, 0.05) is 45.1 Å².